The highest BCUT2D eigenvalue weighted by Crippen LogP contribution is 2.48. The van der Waals surface area contributed by atoms with Gasteiger partial charge in [0.25, 0.3) is 0 Å². The van der Waals surface area contributed by atoms with Gasteiger partial charge in [-0.1, -0.05) is 110 Å². The number of ether oxygens (including phenoxy) is 2. The van der Waals surface area contributed by atoms with Crippen molar-refractivity contribution in [2.24, 2.45) is 0 Å². The fourth-order valence-corrected chi connectivity index (χ4v) is 5.74. The smallest absolute Gasteiger partial charge is 0.380 e. The van der Waals surface area contributed by atoms with Gasteiger partial charge in [-0.15, -0.1) is 0 Å². The molecule has 222 valence electrons. The lowest BCUT2D eigenvalue weighted by Gasteiger charge is -2.34. The molecule has 0 N–H and O–H groups in total. The molecule has 0 spiro atoms. The minimum atomic E-state index is -3.51. The Kier molecular flexibility index (Phi) is 23.7. The molecule has 0 amide bonds. The van der Waals surface area contributed by atoms with Gasteiger partial charge in [0.2, 0.25) is 0 Å². The zero-order chi connectivity index (χ0) is 26.9. The predicted octanol–water partition coefficient (Wildman–Crippen LogP) is 8.16. The average Bonchev–Trinajstić information content (AvgIpc) is 2.93. The molecule has 7 nitrogen and oxygen atoms in total. The maximum atomic E-state index is 12.6. The summed E-state index contributed by atoms with van der Waals surface area (Å²) >= 11 is 0. The number of hydrogen-bond donors (Lipinski definition) is 0. The minimum absolute atomic E-state index is 0.0126. The van der Waals surface area contributed by atoms with E-state index in [2.05, 4.69) is 11.8 Å². The molecule has 2 atom stereocenters. The average molecular weight is 550 g/mol. The van der Waals surface area contributed by atoms with Crippen molar-refractivity contribution in [3.8, 4) is 0 Å². The topological polar surface area (TPSA) is 66.5 Å². The van der Waals surface area contributed by atoms with E-state index in [1.54, 1.807) is 0 Å². The van der Waals surface area contributed by atoms with Gasteiger partial charge in [0, 0.05) is 26.8 Å². The van der Waals surface area contributed by atoms with E-state index in [4.69, 9.17) is 23.0 Å². The van der Waals surface area contributed by atoms with Crippen LogP contribution < -0.4 is 0 Å². The molecule has 0 bridgehead atoms. The molecule has 0 aromatic heterocycles. The number of nitrogens with zero attached hydrogens (tertiary/aromatic N) is 1. The normalized spacial score (nSPS) is 17.2. The van der Waals surface area contributed by atoms with Crippen molar-refractivity contribution >= 4 is 7.82 Å². The van der Waals surface area contributed by atoms with Crippen LogP contribution >= 0.6 is 7.82 Å². The van der Waals surface area contributed by atoms with Crippen LogP contribution in [0.4, 0.5) is 0 Å². The van der Waals surface area contributed by atoms with E-state index in [1.807, 2.05) is 6.92 Å². The van der Waals surface area contributed by atoms with Crippen LogP contribution in [0.1, 0.15) is 123 Å². The zero-order valence-corrected chi connectivity index (χ0v) is 25.5. The van der Waals surface area contributed by atoms with Crippen molar-refractivity contribution in [3.05, 3.63) is 0 Å². The summed E-state index contributed by atoms with van der Waals surface area (Å²) in [6.45, 7) is 9.21. The van der Waals surface area contributed by atoms with E-state index in [1.165, 1.54) is 103 Å². The highest BCUT2D eigenvalue weighted by atomic mass is 31.2. The lowest BCUT2D eigenvalue weighted by Crippen LogP contribution is -2.47. The molecule has 1 saturated heterocycles. The second-order valence-electron chi connectivity index (χ2n) is 10.4. The Morgan fingerprint density at radius 3 is 1.68 bits per heavy atom. The van der Waals surface area contributed by atoms with Crippen LogP contribution in [0.2, 0.25) is 0 Å². The Morgan fingerprint density at radius 2 is 1.19 bits per heavy atom. The number of rotatable bonds is 27. The zero-order valence-electron chi connectivity index (χ0n) is 24.6. The predicted molar refractivity (Wildman–Crippen MR) is 153 cm³/mol. The van der Waals surface area contributed by atoms with Crippen LogP contribution in [0.5, 0.6) is 0 Å². The van der Waals surface area contributed by atoms with Gasteiger partial charge in [-0.05, 0) is 12.8 Å². The quantitative estimate of drug-likeness (QED) is 0.0756. The molecule has 0 saturated carbocycles. The molecular formula is C29H60NO6P. The van der Waals surface area contributed by atoms with Gasteiger partial charge in [-0.3, -0.25) is 18.5 Å². The largest absolute Gasteiger partial charge is 0.474 e. The van der Waals surface area contributed by atoms with E-state index in [9.17, 15) is 4.57 Å². The second kappa shape index (κ2) is 25.0. The molecule has 0 aliphatic carbocycles. The van der Waals surface area contributed by atoms with E-state index in [-0.39, 0.29) is 12.6 Å². The monoisotopic (exact) mass is 549 g/mol. The molecule has 1 aliphatic heterocycles. The van der Waals surface area contributed by atoms with Gasteiger partial charge in [-0.25, -0.2) is 4.57 Å². The number of phosphoric ester groups is 1. The van der Waals surface area contributed by atoms with Gasteiger partial charge in [0.1, 0.15) is 0 Å². The van der Waals surface area contributed by atoms with E-state index >= 15 is 0 Å². The summed E-state index contributed by atoms with van der Waals surface area (Å²) in [5.74, 6) is 0. The SMILES string of the molecule is CCCCCCCCCCCCCCCCCCOCC(COP(=O)(OC)OCCC)N1CCOCC1. The molecule has 0 radical (unpaired) electrons. The van der Waals surface area contributed by atoms with E-state index in [0.29, 0.717) is 26.4 Å². The molecule has 1 heterocycles. The Labute approximate surface area is 229 Å². The maximum Gasteiger partial charge on any atom is 0.474 e. The lowest BCUT2D eigenvalue weighted by molar-refractivity contribution is -0.0277. The molecule has 1 rings (SSSR count). The first-order valence-corrected chi connectivity index (χ1v) is 17.0. The second-order valence-corrected chi connectivity index (χ2v) is 12.2. The van der Waals surface area contributed by atoms with Crippen molar-refractivity contribution < 1.29 is 27.6 Å². The lowest BCUT2D eigenvalue weighted by atomic mass is 10.0. The third kappa shape index (κ3) is 19.7. The number of hydrogen-bond acceptors (Lipinski definition) is 7. The van der Waals surface area contributed by atoms with Gasteiger partial charge in [-0.2, -0.15) is 0 Å². The Balaban J connectivity index is 2.04. The molecule has 1 aliphatic rings. The van der Waals surface area contributed by atoms with Crippen LogP contribution in [0, 0.1) is 0 Å². The number of unbranched alkanes of at least 4 members (excludes halogenated alkanes) is 15. The Hall–Kier alpha value is -0.0100. The van der Waals surface area contributed by atoms with Crippen LogP contribution in [-0.2, 0) is 27.6 Å². The molecule has 1 fully saturated rings. The van der Waals surface area contributed by atoms with Crippen LogP contribution in [0.3, 0.4) is 0 Å². The van der Waals surface area contributed by atoms with Gasteiger partial charge in [0.15, 0.2) is 0 Å². The standard InChI is InChI=1S/C29H60NO6P/c1-4-6-7-8-9-10-11-12-13-14-15-16-17-18-19-20-24-34-27-29(30-21-25-33-26-22-30)28-36-37(31,32-3)35-23-5-2/h29H,4-28H2,1-3H3. The summed E-state index contributed by atoms with van der Waals surface area (Å²) in [6.07, 6.45) is 22.6. The molecule has 0 aromatic rings. The summed E-state index contributed by atoms with van der Waals surface area (Å²) < 4.78 is 40.1. The highest BCUT2D eigenvalue weighted by molar-refractivity contribution is 7.48. The van der Waals surface area contributed by atoms with E-state index < -0.39 is 7.82 Å². The number of morpholine rings is 1. The van der Waals surface area contributed by atoms with Crippen LogP contribution in [-0.4, -0.2) is 70.8 Å². The van der Waals surface area contributed by atoms with Crippen molar-refractivity contribution in [1.82, 2.24) is 4.90 Å². The summed E-state index contributed by atoms with van der Waals surface area (Å²) in [5.41, 5.74) is 0. The van der Waals surface area contributed by atoms with Crippen molar-refractivity contribution in [1.29, 1.82) is 0 Å². The first-order chi connectivity index (χ1) is 18.1. The Bertz CT molecular complexity index is 533. The van der Waals surface area contributed by atoms with Crippen molar-refractivity contribution in [2.75, 3.05) is 59.8 Å². The third-order valence-corrected chi connectivity index (χ3v) is 8.53. The van der Waals surface area contributed by atoms with Gasteiger partial charge < -0.3 is 9.47 Å². The maximum absolute atomic E-state index is 12.6. The first-order valence-electron chi connectivity index (χ1n) is 15.5. The summed E-state index contributed by atoms with van der Waals surface area (Å²) in [4.78, 5) is 2.29. The summed E-state index contributed by atoms with van der Waals surface area (Å²) in [5, 5.41) is 0. The summed E-state index contributed by atoms with van der Waals surface area (Å²) in [6, 6.07) is 0.0126. The fourth-order valence-electron chi connectivity index (χ4n) is 4.70. The van der Waals surface area contributed by atoms with Crippen LogP contribution in [0.15, 0.2) is 0 Å². The van der Waals surface area contributed by atoms with Crippen LogP contribution in [0.25, 0.3) is 0 Å². The van der Waals surface area contributed by atoms with E-state index in [0.717, 1.165) is 32.5 Å². The number of phosphoric acid groups is 1. The molecule has 8 heteroatoms. The summed E-state index contributed by atoms with van der Waals surface area (Å²) in [7, 11) is -2.14. The molecule has 2 unspecified atom stereocenters. The fraction of sp³-hybridized carbons (Fsp3) is 1.00. The Morgan fingerprint density at radius 1 is 0.676 bits per heavy atom. The third-order valence-electron chi connectivity index (χ3n) is 7.12. The molecular weight excluding hydrogens is 489 g/mol. The van der Waals surface area contributed by atoms with Gasteiger partial charge in [0.05, 0.1) is 39.1 Å². The molecule has 0 aromatic carbocycles. The highest BCUT2D eigenvalue weighted by Gasteiger charge is 2.29. The minimum Gasteiger partial charge on any atom is -0.380 e. The molecule has 37 heavy (non-hydrogen) atoms. The van der Waals surface area contributed by atoms with Crippen molar-refractivity contribution in [3.63, 3.8) is 0 Å². The first kappa shape index (κ1) is 35.0. The van der Waals surface area contributed by atoms with Crippen molar-refractivity contribution in [2.45, 2.75) is 129 Å². The van der Waals surface area contributed by atoms with Gasteiger partial charge >= 0.3 is 7.82 Å².